The summed E-state index contributed by atoms with van der Waals surface area (Å²) in [4.78, 5) is 0. The number of aliphatic hydroxyl groups excluding tert-OH is 2. The van der Waals surface area contributed by atoms with Crippen molar-refractivity contribution in [2.45, 2.75) is 26.6 Å². The Kier molecular flexibility index (Phi) is 6.90. The van der Waals surface area contributed by atoms with Gasteiger partial charge in [-0.3, -0.25) is 0 Å². The highest BCUT2D eigenvalue weighted by molar-refractivity contribution is 5.42. The summed E-state index contributed by atoms with van der Waals surface area (Å²) >= 11 is 0. The van der Waals surface area contributed by atoms with E-state index in [-0.39, 0.29) is 13.2 Å². The first-order valence-corrected chi connectivity index (χ1v) is 7.97. The van der Waals surface area contributed by atoms with Crippen molar-refractivity contribution in [3.8, 4) is 17.2 Å². The fourth-order valence-corrected chi connectivity index (χ4v) is 2.38. The zero-order valence-corrected chi connectivity index (χ0v) is 14.1. The molecule has 0 aliphatic carbocycles. The van der Waals surface area contributed by atoms with Gasteiger partial charge in [-0.05, 0) is 47.4 Å². The molecule has 130 valence electrons. The van der Waals surface area contributed by atoms with Crippen LogP contribution in [-0.4, -0.2) is 30.5 Å². The summed E-state index contributed by atoms with van der Waals surface area (Å²) in [5.41, 5.74) is 2.70. The summed E-state index contributed by atoms with van der Waals surface area (Å²) in [7, 11) is 1.58. The molecule has 24 heavy (non-hydrogen) atoms. The van der Waals surface area contributed by atoms with Gasteiger partial charge in [0.15, 0.2) is 11.5 Å². The topological polar surface area (TPSA) is 68.2 Å². The van der Waals surface area contributed by atoms with Gasteiger partial charge >= 0.3 is 0 Å². The predicted molar refractivity (Wildman–Crippen MR) is 91.6 cm³/mol. The Balaban J connectivity index is 1.93. The average molecular weight is 332 g/mol. The number of methoxy groups -OCH3 is 1. The van der Waals surface area contributed by atoms with E-state index in [2.05, 4.69) is 0 Å². The largest absolute Gasteiger partial charge is 0.493 e. The lowest BCUT2D eigenvalue weighted by Crippen LogP contribution is -2.11. The molecule has 0 saturated carbocycles. The lowest BCUT2D eigenvalue weighted by Gasteiger charge is -2.14. The van der Waals surface area contributed by atoms with Crippen LogP contribution in [0.15, 0.2) is 36.4 Å². The van der Waals surface area contributed by atoms with Gasteiger partial charge in [-0.25, -0.2) is 0 Å². The maximum Gasteiger partial charge on any atom is 0.161 e. The van der Waals surface area contributed by atoms with Crippen LogP contribution in [0.3, 0.4) is 0 Å². The zero-order valence-electron chi connectivity index (χ0n) is 14.1. The number of rotatable bonds is 9. The van der Waals surface area contributed by atoms with Crippen LogP contribution in [0.1, 0.15) is 23.6 Å². The van der Waals surface area contributed by atoms with Crippen LogP contribution in [0.2, 0.25) is 0 Å². The Morgan fingerprint density at radius 1 is 0.792 bits per heavy atom. The molecule has 0 unspecified atom stereocenters. The molecule has 5 nitrogen and oxygen atoms in total. The molecule has 5 heteroatoms. The highest BCUT2D eigenvalue weighted by Crippen LogP contribution is 2.28. The molecule has 0 bridgehead atoms. The van der Waals surface area contributed by atoms with Crippen molar-refractivity contribution in [3.05, 3.63) is 53.1 Å². The van der Waals surface area contributed by atoms with Gasteiger partial charge in [-0.15, -0.1) is 0 Å². The molecule has 2 N–H and O–H groups in total. The maximum absolute atomic E-state index is 9.21. The van der Waals surface area contributed by atoms with Crippen LogP contribution < -0.4 is 14.2 Å². The van der Waals surface area contributed by atoms with Crippen molar-refractivity contribution < 1.29 is 24.4 Å². The third-order valence-electron chi connectivity index (χ3n) is 3.70. The van der Waals surface area contributed by atoms with E-state index < -0.39 is 0 Å². The Hall–Kier alpha value is -2.24. The maximum atomic E-state index is 9.21. The van der Waals surface area contributed by atoms with Crippen molar-refractivity contribution >= 4 is 0 Å². The molecule has 0 heterocycles. The number of hydrogen-bond acceptors (Lipinski definition) is 5. The van der Waals surface area contributed by atoms with Crippen LogP contribution >= 0.6 is 0 Å². The Labute approximate surface area is 142 Å². The lowest BCUT2D eigenvalue weighted by molar-refractivity contribution is 0.209. The van der Waals surface area contributed by atoms with Gasteiger partial charge in [-0.1, -0.05) is 19.1 Å². The van der Waals surface area contributed by atoms with Gasteiger partial charge in [0.1, 0.15) is 19.0 Å². The molecular weight excluding hydrogens is 308 g/mol. The normalized spacial score (nSPS) is 10.5. The summed E-state index contributed by atoms with van der Waals surface area (Å²) in [5.74, 6) is 2.00. The van der Waals surface area contributed by atoms with E-state index in [1.54, 1.807) is 25.3 Å². The van der Waals surface area contributed by atoms with Crippen LogP contribution in [0.5, 0.6) is 17.2 Å². The fraction of sp³-hybridized carbons (Fsp3) is 0.368. The second-order valence-electron chi connectivity index (χ2n) is 5.29. The zero-order chi connectivity index (χ0) is 17.4. The number of ether oxygens (including phenoxy) is 3. The highest BCUT2D eigenvalue weighted by atomic mass is 16.5. The summed E-state index contributed by atoms with van der Waals surface area (Å²) in [6, 6.07) is 11.0. The van der Waals surface area contributed by atoms with Crippen molar-refractivity contribution in [1.82, 2.24) is 0 Å². The van der Waals surface area contributed by atoms with E-state index >= 15 is 0 Å². The highest BCUT2D eigenvalue weighted by Gasteiger charge is 2.07. The quantitative estimate of drug-likeness (QED) is 0.691. The van der Waals surface area contributed by atoms with E-state index in [1.165, 1.54) is 0 Å². The molecule has 0 saturated heterocycles. The van der Waals surface area contributed by atoms with E-state index in [0.717, 1.165) is 28.9 Å². The third kappa shape index (κ3) is 4.63. The first-order valence-electron chi connectivity index (χ1n) is 7.97. The van der Waals surface area contributed by atoms with E-state index in [1.807, 2.05) is 25.1 Å². The van der Waals surface area contributed by atoms with Crippen molar-refractivity contribution in [2.24, 2.45) is 0 Å². The van der Waals surface area contributed by atoms with Gasteiger partial charge in [0.25, 0.3) is 0 Å². The molecule has 0 atom stereocenters. The first kappa shape index (κ1) is 18.1. The van der Waals surface area contributed by atoms with Crippen LogP contribution in [0.25, 0.3) is 0 Å². The SMILES string of the molecule is CCc1cc(CO)ccc1OCCOc1cc(CO)ccc1OC. The molecule has 0 fully saturated rings. The van der Waals surface area contributed by atoms with Crippen LogP contribution in [0.4, 0.5) is 0 Å². The van der Waals surface area contributed by atoms with Crippen LogP contribution in [-0.2, 0) is 19.6 Å². The third-order valence-corrected chi connectivity index (χ3v) is 3.70. The lowest BCUT2D eigenvalue weighted by atomic mass is 10.1. The van der Waals surface area contributed by atoms with Gasteiger partial charge in [-0.2, -0.15) is 0 Å². The van der Waals surface area contributed by atoms with Gasteiger partial charge in [0.2, 0.25) is 0 Å². The molecule has 0 radical (unpaired) electrons. The second kappa shape index (κ2) is 9.15. The summed E-state index contributed by atoms with van der Waals surface area (Å²) in [6.07, 6.45) is 0.830. The molecule has 0 aliphatic heterocycles. The standard InChI is InChI=1S/C19H24O5/c1-3-16-10-14(12-20)4-6-17(16)23-8-9-24-19-11-15(13-21)5-7-18(19)22-2/h4-7,10-11,20-21H,3,8-9,12-13H2,1-2H3. The molecular formula is C19H24O5. The monoisotopic (exact) mass is 332 g/mol. The molecule has 0 aromatic heterocycles. The molecule has 0 spiro atoms. The second-order valence-corrected chi connectivity index (χ2v) is 5.29. The van der Waals surface area contributed by atoms with E-state index in [4.69, 9.17) is 14.2 Å². The molecule has 0 amide bonds. The Bertz CT molecular complexity index is 654. The number of aryl methyl sites for hydroxylation is 1. The number of aliphatic hydroxyl groups is 2. The van der Waals surface area contributed by atoms with Crippen molar-refractivity contribution in [3.63, 3.8) is 0 Å². The summed E-state index contributed by atoms with van der Waals surface area (Å²) in [6.45, 7) is 2.77. The smallest absolute Gasteiger partial charge is 0.161 e. The van der Waals surface area contributed by atoms with E-state index in [9.17, 15) is 10.2 Å². The first-order chi connectivity index (χ1) is 11.7. The van der Waals surface area contributed by atoms with Crippen molar-refractivity contribution in [2.75, 3.05) is 20.3 Å². The molecule has 2 aromatic carbocycles. The minimum atomic E-state index is -0.0477. The molecule has 2 aromatic rings. The molecule has 2 rings (SSSR count). The minimum absolute atomic E-state index is 0.0252. The van der Waals surface area contributed by atoms with Gasteiger partial charge < -0.3 is 24.4 Å². The molecule has 0 aliphatic rings. The average Bonchev–Trinajstić information content (AvgIpc) is 2.64. The number of benzene rings is 2. The summed E-state index contributed by atoms with van der Waals surface area (Å²) < 4.78 is 16.7. The summed E-state index contributed by atoms with van der Waals surface area (Å²) in [5, 5.41) is 18.4. The van der Waals surface area contributed by atoms with Gasteiger partial charge in [0.05, 0.1) is 20.3 Å². The van der Waals surface area contributed by atoms with E-state index in [0.29, 0.717) is 24.7 Å². The minimum Gasteiger partial charge on any atom is -0.493 e. The fourth-order valence-electron chi connectivity index (χ4n) is 2.38. The van der Waals surface area contributed by atoms with Crippen LogP contribution in [0, 0.1) is 0 Å². The number of hydrogen-bond donors (Lipinski definition) is 2. The Morgan fingerprint density at radius 3 is 1.96 bits per heavy atom. The van der Waals surface area contributed by atoms with Gasteiger partial charge in [0, 0.05) is 0 Å². The van der Waals surface area contributed by atoms with Crippen molar-refractivity contribution in [1.29, 1.82) is 0 Å². The predicted octanol–water partition coefficient (Wildman–Crippen LogP) is 2.70. The Morgan fingerprint density at radius 2 is 1.38 bits per heavy atom.